The highest BCUT2D eigenvalue weighted by Gasteiger charge is 2.35. The standard InChI is InChI=1S/C23H25N3O4/c1-23(2,3)19-10-26-21(17-8-18(27)16(22(28)29)9-25(17)19)15-6-4-5-14(20(15)24-26)7-13-11-30-12-13/h4-6,8-9,13,19H,7,10-12H2,1-3H3,(H,28,29). The van der Waals surface area contributed by atoms with Crippen LogP contribution < -0.4 is 5.43 Å². The molecular formula is C23H25N3O4. The highest BCUT2D eigenvalue weighted by atomic mass is 16.5. The summed E-state index contributed by atoms with van der Waals surface area (Å²) in [6.07, 6.45) is 2.43. The Morgan fingerprint density at radius 3 is 2.70 bits per heavy atom. The molecule has 0 aliphatic carbocycles. The van der Waals surface area contributed by atoms with Crippen molar-refractivity contribution < 1.29 is 14.6 Å². The van der Waals surface area contributed by atoms with Crippen molar-refractivity contribution >= 4 is 16.9 Å². The molecule has 0 amide bonds. The molecule has 5 rings (SSSR count). The van der Waals surface area contributed by atoms with Crippen LogP contribution >= 0.6 is 0 Å². The molecular weight excluding hydrogens is 382 g/mol. The van der Waals surface area contributed by atoms with E-state index in [1.54, 1.807) is 0 Å². The quantitative estimate of drug-likeness (QED) is 0.720. The minimum absolute atomic E-state index is 0.0310. The lowest BCUT2D eigenvalue weighted by Gasteiger charge is -2.38. The zero-order valence-corrected chi connectivity index (χ0v) is 17.4. The van der Waals surface area contributed by atoms with Crippen LogP contribution in [0.5, 0.6) is 0 Å². The molecule has 0 bridgehead atoms. The lowest BCUT2D eigenvalue weighted by atomic mass is 9.84. The van der Waals surface area contributed by atoms with Crippen molar-refractivity contribution in [2.45, 2.75) is 39.8 Å². The highest BCUT2D eigenvalue weighted by molar-refractivity contribution is 5.95. The first-order valence-electron chi connectivity index (χ1n) is 10.3. The SMILES string of the molecule is CC(C)(C)C1Cn2nc3c(CC4COC4)cccc3c2-c2cc(=O)c(C(=O)O)cn21. The van der Waals surface area contributed by atoms with E-state index in [0.717, 1.165) is 41.9 Å². The number of hydrogen-bond acceptors (Lipinski definition) is 4. The lowest BCUT2D eigenvalue weighted by Crippen LogP contribution is -2.35. The van der Waals surface area contributed by atoms with Crippen molar-refractivity contribution in [1.82, 2.24) is 14.3 Å². The number of benzene rings is 1. The fourth-order valence-electron chi connectivity index (χ4n) is 4.59. The number of fused-ring (bicyclic) bond motifs is 5. The Morgan fingerprint density at radius 1 is 1.30 bits per heavy atom. The normalized spacial score (nSPS) is 18.7. The van der Waals surface area contributed by atoms with Gasteiger partial charge in [-0.25, -0.2) is 4.79 Å². The summed E-state index contributed by atoms with van der Waals surface area (Å²) in [6.45, 7) is 8.55. The van der Waals surface area contributed by atoms with Gasteiger partial charge in [-0.2, -0.15) is 5.10 Å². The molecule has 1 N–H and O–H groups in total. The Kier molecular flexibility index (Phi) is 4.15. The van der Waals surface area contributed by atoms with Gasteiger partial charge < -0.3 is 14.4 Å². The monoisotopic (exact) mass is 407 g/mol. The molecule has 4 heterocycles. The van der Waals surface area contributed by atoms with E-state index in [9.17, 15) is 14.7 Å². The fourth-order valence-corrected chi connectivity index (χ4v) is 4.59. The van der Waals surface area contributed by atoms with Crippen LogP contribution in [0.2, 0.25) is 0 Å². The Hall–Kier alpha value is -2.93. The maximum atomic E-state index is 12.6. The molecule has 1 atom stereocenters. The number of aromatic carboxylic acids is 1. The molecule has 0 radical (unpaired) electrons. The summed E-state index contributed by atoms with van der Waals surface area (Å²) in [6, 6.07) is 7.61. The minimum Gasteiger partial charge on any atom is -0.477 e. The van der Waals surface area contributed by atoms with E-state index < -0.39 is 11.4 Å². The first-order valence-corrected chi connectivity index (χ1v) is 10.3. The Labute approximate surface area is 173 Å². The van der Waals surface area contributed by atoms with Crippen molar-refractivity contribution in [3.05, 3.63) is 51.8 Å². The summed E-state index contributed by atoms with van der Waals surface area (Å²) in [4.78, 5) is 24.2. The van der Waals surface area contributed by atoms with Gasteiger partial charge in [0, 0.05) is 23.6 Å². The van der Waals surface area contributed by atoms with Gasteiger partial charge in [0.05, 0.1) is 42.7 Å². The predicted octanol–water partition coefficient (Wildman–Crippen LogP) is 3.35. The first-order chi connectivity index (χ1) is 14.2. The number of nitrogens with zero attached hydrogens (tertiary/aromatic N) is 3. The molecule has 7 nitrogen and oxygen atoms in total. The molecule has 0 spiro atoms. The summed E-state index contributed by atoms with van der Waals surface area (Å²) in [7, 11) is 0. The van der Waals surface area contributed by atoms with Gasteiger partial charge in [0.2, 0.25) is 0 Å². The summed E-state index contributed by atoms with van der Waals surface area (Å²) in [5.41, 5.74) is 2.92. The van der Waals surface area contributed by atoms with Gasteiger partial charge in [0.25, 0.3) is 0 Å². The number of carboxylic acid groups (broad SMARTS) is 1. The second-order valence-electron chi connectivity index (χ2n) is 9.48. The summed E-state index contributed by atoms with van der Waals surface area (Å²) in [5.74, 6) is -0.679. The van der Waals surface area contributed by atoms with Crippen molar-refractivity contribution in [3.63, 3.8) is 0 Å². The van der Waals surface area contributed by atoms with Crippen LogP contribution in [0, 0.1) is 11.3 Å². The summed E-state index contributed by atoms with van der Waals surface area (Å²) >= 11 is 0. The predicted molar refractivity (Wildman–Crippen MR) is 113 cm³/mol. The Morgan fingerprint density at radius 2 is 2.07 bits per heavy atom. The molecule has 30 heavy (non-hydrogen) atoms. The van der Waals surface area contributed by atoms with Crippen LogP contribution in [-0.4, -0.2) is 38.6 Å². The molecule has 3 aromatic rings. The van der Waals surface area contributed by atoms with Gasteiger partial charge in [0.15, 0.2) is 5.43 Å². The van der Waals surface area contributed by atoms with Gasteiger partial charge in [-0.15, -0.1) is 0 Å². The van der Waals surface area contributed by atoms with Crippen LogP contribution in [0.3, 0.4) is 0 Å². The third-order valence-corrected chi connectivity index (χ3v) is 6.30. The largest absolute Gasteiger partial charge is 0.477 e. The molecule has 156 valence electrons. The number of carboxylic acids is 1. The van der Waals surface area contributed by atoms with E-state index >= 15 is 0 Å². The van der Waals surface area contributed by atoms with E-state index in [4.69, 9.17) is 9.84 Å². The lowest BCUT2D eigenvalue weighted by molar-refractivity contribution is -0.0311. The number of hydrogen-bond donors (Lipinski definition) is 1. The van der Waals surface area contributed by atoms with Gasteiger partial charge in [-0.1, -0.05) is 39.0 Å². The van der Waals surface area contributed by atoms with E-state index in [2.05, 4.69) is 26.8 Å². The van der Waals surface area contributed by atoms with Crippen LogP contribution in [0.4, 0.5) is 0 Å². The van der Waals surface area contributed by atoms with Crippen LogP contribution in [0.25, 0.3) is 22.3 Å². The maximum Gasteiger partial charge on any atom is 0.341 e. The number of aromatic nitrogens is 3. The van der Waals surface area contributed by atoms with Crippen molar-refractivity contribution in [2.24, 2.45) is 11.3 Å². The van der Waals surface area contributed by atoms with E-state index in [1.807, 2.05) is 21.4 Å². The van der Waals surface area contributed by atoms with Crippen molar-refractivity contribution in [1.29, 1.82) is 0 Å². The molecule has 2 aliphatic rings. The van der Waals surface area contributed by atoms with Crippen LogP contribution in [0.15, 0.2) is 35.3 Å². The molecule has 2 aliphatic heterocycles. The topological polar surface area (TPSA) is 86.3 Å². The maximum absolute atomic E-state index is 12.6. The van der Waals surface area contributed by atoms with Gasteiger partial charge in [0.1, 0.15) is 5.56 Å². The average molecular weight is 407 g/mol. The summed E-state index contributed by atoms with van der Waals surface area (Å²) in [5, 5.41) is 15.4. The van der Waals surface area contributed by atoms with Crippen molar-refractivity contribution in [3.8, 4) is 11.4 Å². The molecule has 2 aromatic heterocycles. The van der Waals surface area contributed by atoms with Gasteiger partial charge >= 0.3 is 5.97 Å². The molecule has 1 fully saturated rings. The first kappa shape index (κ1) is 19.1. The van der Waals surface area contributed by atoms with E-state index in [1.165, 1.54) is 17.8 Å². The van der Waals surface area contributed by atoms with Gasteiger partial charge in [-0.05, 0) is 17.4 Å². The summed E-state index contributed by atoms with van der Waals surface area (Å²) < 4.78 is 9.29. The van der Waals surface area contributed by atoms with Crippen molar-refractivity contribution in [2.75, 3.05) is 13.2 Å². The molecule has 1 aromatic carbocycles. The zero-order chi connectivity index (χ0) is 21.2. The van der Waals surface area contributed by atoms with E-state index in [-0.39, 0.29) is 17.0 Å². The minimum atomic E-state index is -1.20. The third-order valence-electron chi connectivity index (χ3n) is 6.30. The van der Waals surface area contributed by atoms with Crippen LogP contribution in [-0.2, 0) is 17.7 Å². The number of ether oxygens (including phenoxy) is 1. The highest BCUT2D eigenvalue weighted by Crippen LogP contribution is 2.42. The molecule has 0 saturated carbocycles. The number of rotatable bonds is 3. The Balaban J connectivity index is 1.75. The molecule has 1 unspecified atom stereocenters. The Bertz CT molecular complexity index is 1230. The van der Waals surface area contributed by atoms with Crippen LogP contribution in [0.1, 0.15) is 42.7 Å². The van der Waals surface area contributed by atoms with Gasteiger partial charge in [-0.3, -0.25) is 9.48 Å². The van der Waals surface area contributed by atoms with E-state index in [0.29, 0.717) is 12.5 Å². The molecule has 7 heteroatoms. The second-order valence-corrected chi connectivity index (χ2v) is 9.48. The smallest absolute Gasteiger partial charge is 0.341 e. The zero-order valence-electron chi connectivity index (χ0n) is 17.4. The average Bonchev–Trinajstić information content (AvgIpc) is 3.02. The third kappa shape index (κ3) is 2.88. The fraction of sp³-hybridized carbons (Fsp3) is 0.435. The number of carbonyl (C=O) groups is 1. The second kappa shape index (κ2) is 6.54. The number of pyridine rings is 1. The molecule has 1 saturated heterocycles.